The molecule has 1 heterocycles. The summed E-state index contributed by atoms with van der Waals surface area (Å²) in [6, 6.07) is 7.81. The van der Waals surface area contributed by atoms with Crippen molar-refractivity contribution in [2.45, 2.75) is 13.5 Å². The van der Waals surface area contributed by atoms with Gasteiger partial charge in [0.1, 0.15) is 5.75 Å². The summed E-state index contributed by atoms with van der Waals surface area (Å²) >= 11 is 0. The van der Waals surface area contributed by atoms with Gasteiger partial charge in [0.25, 0.3) is 0 Å². The molecule has 2 rings (SSSR count). The smallest absolute Gasteiger partial charge is 0.229 e. The van der Waals surface area contributed by atoms with E-state index in [0.717, 1.165) is 30.1 Å². The lowest BCUT2D eigenvalue weighted by molar-refractivity contribution is 0.415. The molecule has 106 valence electrons. The second-order valence-electron chi connectivity index (χ2n) is 4.40. The zero-order chi connectivity index (χ0) is 14.4. The van der Waals surface area contributed by atoms with Crippen LogP contribution in [0.5, 0.6) is 5.75 Å². The molecular formula is C15H20N4O. The number of hydrogen-bond acceptors (Lipinski definition) is 5. The topological polar surface area (TPSA) is 50.3 Å². The summed E-state index contributed by atoms with van der Waals surface area (Å²) < 4.78 is 5.36. The Bertz CT molecular complexity index is 542. The zero-order valence-electron chi connectivity index (χ0n) is 12.1. The highest BCUT2D eigenvalue weighted by atomic mass is 16.5. The lowest BCUT2D eigenvalue weighted by Crippen LogP contribution is -2.16. The van der Waals surface area contributed by atoms with Crippen molar-refractivity contribution in [1.82, 2.24) is 15.3 Å². The molecule has 1 aromatic heterocycles. The van der Waals surface area contributed by atoms with Crippen molar-refractivity contribution < 1.29 is 4.74 Å². The van der Waals surface area contributed by atoms with Gasteiger partial charge in [-0.2, -0.15) is 0 Å². The van der Waals surface area contributed by atoms with Crippen LogP contribution in [0.3, 0.4) is 0 Å². The first-order valence-corrected chi connectivity index (χ1v) is 6.64. The molecule has 0 saturated carbocycles. The largest absolute Gasteiger partial charge is 0.495 e. The molecule has 0 aliphatic heterocycles. The van der Waals surface area contributed by atoms with E-state index in [1.807, 2.05) is 48.6 Å². The van der Waals surface area contributed by atoms with Crippen molar-refractivity contribution in [2.75, 3.05) is 25.6 Å². The molecule has 0 atom stereocenters. The summed E-state index contributed by atoms with van der Waals surface area (Å²) in [5, 5.41) is 3.25. The van der Waals surface area contributed by atoms with Gasteiger partial charge in [0.15, 0.2) is 0 Å². The molecule has 0 fully saturated rings. The van der Waals surface area contributed by atoms with Gasteiger partial charge < -0.3 is 15.0 Å². The molecule has 5 nitrogen and oxygen atoms in total. The first-order chi connectivity index (χ1) is 9.76. The van der Waals surface area contributed by atoms with E-state index in [9.17, 15) is 0 Å². The van der Waals surface area contributed by atoms with Crippen LogP contribution in [-0.2, 0) is 6.54 Å². The minimum Gasteiger partial charge on any atom is -0.495 e. The van der Waals surface area contributed by atoms with Gasteiger partial charge in [-0.15, -0.1) is 0 Å². The van der Waals surface area contributed by atoms with Crippen LogP contribution in [0.4, 0.5) is 11.6 Å². The molecule has 0 unspecified atom stereocenters. The fourth-order valence-corrected chi connectivity index (χ4v) is 1.90. The number of methoxy groups -OCH3 is 1. The normalized spacial score (nSPS) is 10.3. The van der Waals surface area contributed by atoms with Gasteiger partial charge in [0, 0.05) is 31.5 Å². The average molecular weight is 272 g/mol. The van der Waals surface area contributed by atoms with Crippen molar-refractivity contribution in [3.8, 4) is 5.75 Å². The predicted molar refractivity (Wildman–Crippen MR) is 80.5 cm³/mol. The summed E-state index contributed by atoms with van der Waals surface area (Å²) in [7, 11) is 3.59. The first-order valence-electron chi connectivity index (χ1n) is 6.64. The van der Waals surface area contributed by atoms with E-state index in [1.165, 1.54) is 0 Å². The second-order valence-corrected chi connectivity index (χ2v) is 4.40. The Morgan fingerprint density at radius 2 is 1.90 bits per heavy atom. The van der Waals surface area contributed by atoms with E-state index < -0.39 is 0 Å². The van der Waals surface area contributed by atoms with Gasteiger partial charge in [0.05, 0.1) is 12.8 Å². The Labute approximate surface area is 119 Å². The SMILES string of the molecule is CCNCc1cnc(N(C)c2ccccc2OC)nc1. The fraction of sp³-hybridized carbons (Fsp3) is 0.333. The third-order valence-corrected chi connectivity index (χ3v) is 3.02. The van der Waals surface area contributed by atoms with Crippen LogP contribution in [-0.4, -0.2) is 30.7 Å². The molecule has 0 aliphatic rings. The number of rotatable bonds is 6. The van der Waals surface area contributed by atoms with E-state index in [4.69, 9.17) is 4.74 Å². The van der Waals surface area contributed by atoms with Crippen LogP contribution in [0.2, 0.25) is 0 Å². The quantitative estimate of drug-likeness (QED) is 0.875. The highest BCUT2D eigenvalue weighted by molar-refractivity contribution is 5.64. The van der Waals surface area contributed by atoms with E-state index in [-0.39, 0.29) is 0 Å². The van der Waals surface area contributed by atoms with Gasteiger partial charge in [0.2, 0.25) is 5.95 Å². The Kier molecular flexibility index (Phi) is 4.90. The number of aromatic nitrogens is 2. The maximum absolute atomic E-state index is 5.36. The molecule has 0 amide bonds. The van der Waals surface area contributed by atoms with Crippen LogP contribution >= 0.6 is 0 Å². The van der Waals surface area contributed by atoms with Crippen molar-refractivity contribution in [1.29, 1.82) is 0 Å². The van der Waals surface area contributed by atoms with Crippen molar-refractivity contribution in [3.05, 3.63) is 42.2 Å². The van der Waals surface area contributed by atoms with Crippen LogP contribution in [0.1, 0.15) is 12.5 Å². The minimum absolute atomic E-state index is 0.648. The van der Waals surface area contributed by atoms with Crippen LogP contribution in [0.15, 0.2) is 36.7 Å². The minimum atomic E-state index is 0.648. The number of hydrogen-bond donors (Lipinski definition) is 1. The highest BCUT2D eigenvalue weighted by Crippen LogP contribution is 2.29. The lowest BCUT2D eigenvalue weighted by atomic mass is 10.3. The molecule has 0 spiro atoms. The van der Waals surface area contributed by atoms with Crippen molar-refractivity contribution >= 4 is 11.6 Å². The number of nitrogens with one attached hydrogen (secondary N) is 1. The maximum atomic E-state index is 5.36. The Morgan fingerprint density at radius 1 is 1.20 bits per heavy atom. The molecule has 1 aromatic carbocycles. The lowest BCUT2D eigenvalue weighted by Gasteiger charge is -2.19. The third kappa shape index (κ3) is 3.24. The molecule has 0 aliphatic carbocycles. The summed E-state index contributed by atoms with van der Waals surface area (Å²) in [4.78, 5) is 10.7. The number of benzene rings is 1. The number of nitrogens with zero attached hydrogens (tertiary/aromatic N) is 3. The summed E-state index contributed by atoms with van der Waals surface area (Å²) in [5.41, 5.74) is 2.01. The Hall–Kier alpha value is -2.14. The van der Waals surface area contributed by atoms with Crippen LogP contribution in [0.25, 0.3) is 0 Å². The molecular weight excluding hydrogens is 252 g/mol. The standard InChI is InChI=1S/C15H20N4O/c1-4-16-9-12-10-17-15(18-11-12)19(2)13-7-5-6-8-14(13)20-3/h5-8,10-11,16H,4,9H2,1-3H3. The van der Waals surface area contributed by atoms with E-state index in [1.54, 1.807) is 7.11 Å². The van der Waals surface area contributed by atoms with E-state index >= 15 is 0 Å². The summed E-state index contributed by atoms with van der Waals surface area (Å²) in [6.45, 7) is 3.79. The predicted octanol–water partition coefficient (Wildman–Crippen LogP) is 2.36. The summed E-state index contributed by atoms with van der Waals surface area (Å²) in [5.74, 6) is 1.45. The van der Waals surface area contributed by atoms with E-state index in [2.05, 4.69) is 22.2 Å². The molecule has 1 N–H and O–H groups in total. The molecule has 0 radical (unpaired) electrons. The zero-order valence-corrected chi connectivity index (χ0v) is 12.1. The van der Waals surface area contributed by atoms with Gasteiger partial charge in [-0.05, 0) is 18.7 Å². The highest BCUT2D eigenvalue weighted by Gasteiger charge is 2.11. The fourth-order valence-electron chi connectivity index (χ4n) is 1.90. The maximum Gasteiger partial charge on any atom is 0.229 e. The van der Waals surface area contributed by atoms with Gasteiger partial charge in [-0.25, -0.2) is 9.97 Å². The third-order valence-electron chi connectivity index (χ3n) is 3.02. The van der Waals surface area contributed by atoms with Crippen LogP contribution in [0, 0.1) is 0 Å². The van der Waals surface area contributed by atoms with Gasteiger partial charge in [-0.3, -0.25) is 0 Å². The Balaban J connectivity index is 2.18. The van der Waals surface area contributed by atoms with Crippen molar-refractivity contribution in [3.63, 3.8) is 0 Å². The average Bonchev–Trinajstić information content (AvgIpc) is 2.52. The van der Waals surface area contributed by atoms with Gasteiger partial charge in [-0.1, -0.05) is 19.1 Å². The summed E-state index contributed by atoms with van der Waals surface area (Å²) in [6.07, 6.45) is 3.69. The number of ether oxygens (including phenoxy) is 1. The first kappa shape index (κ1) is 14.3. The molecule has 20 heavy (non-hydrogen) atoms. The molecule has 5 heteroatoms. The molecule has 0 bridgehead atoms. The van der Waals surface area contributed by atoms with Gasteiger partial charge >= 0.3 is 0 Å². The second kappa shape index (κ2) is 6.86. The molecule has 2 aromatic rings. The number of para-hydroxylation sites is 2. The molecule has 0 saturated heterocycles. The van der Waals surface area contributed by atoms with E-state index in [0.29, 0.717) is 5.95 Å². The Morgan fingerprint density at radius 3 is 2.55 bits per heavy atom. The number of anilines is 2. The van der Waals surface area contributed by atoms with Crippen molar-refractivity contribution in [2.24, 2.45) is 0 Å². The monoisotopic (exact) mass is 272 g/mol. The van der Waals surface area contributed by atoms with Crippen LogP contribution < -0.4 is 15.0 Å².